The summed E-state index contributed by atoms with van der Waals surface area (Å²) in [6.07, 6.45) is 0.876. The molecule has 1 aromatic carbocycles. The normalized spacial score (nSPS) is 10.4. The van der Waals surface area contributed by atoms with Crippen LogP contribution in [0.2, 0.25) is 0 Å². The van der Waals surface area contributed by atoms with Gasteiger partial charge in [0, 0.05) is 11.9 Å². The lowest BCUT2D eigenvalue weighted by Crippen LogP contribution is -2.27. The molecule has 1 amide bonds. The summed E-state index contributed by atoms with van der Waals surface area (Å²) in [6.45, 7) is 2.38. The molecule has 1 aromatic heterocycles. The largest absolute Gasteiger partial charge is 0.504 e. The van der Waals surface area contributed by atoms with E-state index in [0.29, 0.717) is 13.0 Å². The van der Waals surface area contributed by atoms with Gasteiger partial charge in [-0.1, -0.05) is 6.07 Å². The minimum atomic E-state index is -0.147. The highest BCUT2D eigenvalue weighted by Gasteiger charge is 2.06. The molecule has 0 bridgehead atoms. The highest BCUT2D eigenvalue weighted by atomic mass is 32.1. The van der Waals surface area contributed by atoms with Gasteiger partial charge < -0.3 is 15.5 Å². The molecule has 0 spiro atoms. The molecule has 20 heavy (non-hydrogen) atoms. The minimum Gasteiger partial charge on any atom is -0.504 e. The molecule has 2 rings (SSSR count). The SMILES string of the molecule is Cc1nc(CC(=O)NCCc2ccc(O)c(O)c2)cs1. The molecule has 0 saturated carbocycles. The van der Waals surface area contributed by atoms with Crippen molar-refractivity contribution in [3.8, 4) is 11.5 Å². The Morgan fingerprint density at radius 3 is 2.80 bits per heavy atom. The fraction of sp³-hybridized carbons (Fsp3) is 0.286. The molecule has 0 unspecified atom stereocenters. The van der Waals surface area contributed by atoms with Crippen LogP contribution in [-0.4, -0.2) is 27.6 Å². The monoisotopic (exact) mass is 292 g/mol. The van der Waals surface area contributed by atoms with E-state index >= 15 is 0 Å². The number of thiazole rings is 1. The summed E-state index contributed by atoms with van der Waals surface area (Å²) < 4.78 is 0. The quantitative estimate of drug-likeness (QED) is 0.733. The molecule has 106 valence electrons. The average Bonchev–Trinajstić information content (AvgIpc) is 2.79. The van der Waals surface area contributed by atoms with Crippen molar-refractivity contribution in [1.29, 1.82) is 0 Å². The van der Waals surface area contributed by atoms with Crippen molar-refractivity contribution in [2.75, 3.05) is 6.54 Å². The van der Waals surface area contributed by atoms with Gasteiger partial charge in [0.1, 0.15) is 0 Å². The smallest absolute Gasteiger partial charge is 0.226 e. The van der Waals surface area contributed by atoms with Gasteiger partial charge in [-0.2, -0.15) is 0 Å². The van der Waals surface area contributed by atoms with Crippen molar-refractivity contribution >= 4 is 17.2 Å². The van der Waals surface area contributed by atoms with Crippen molar-refractivity contribution in [2.24, 2.45) is 0 Å². The molecule has 0 aliphatic carbocycles. The van der Waals surface area contributed by atoms with Crippen LogP contribution in [0, 0.1) is 6.92 Å². The van der Waals surface area contributed by atoms with Gasteiger partial charge in [-0.25, -0.2) is 4.98 Å². The first kappa shape index (κ1) is 14.3. The second kappa shape index (κ2) is 6.38. The molecule has 0 aliphatic rings. The Morgan fingerprint density at radius 2 is 2.15 bits per heavy atom. The number of aromatic hydroxyl groups is 2. The average molecular weight is 292 g/mol. The van der Waals surface area contributed by atoms with Crippen molar-refractivity contribution in [3.05, 3.63) is 39.8 Å². The van der Waals surface area contributed by atoms with Crippen LogP contribution in [0.1, 0.15) is 16.3 Å². The zero-order valence-electron chi connectivity index (χ0n) is 11.1. The van der Waals surface area contributed by atoms with E-state index in [2.05, 4.69) is 10.3 Å². The van der Waals surface area contributed by atoms with Crippen LogP contribution >= 0.6 is 11.3 Å². The van der Waals surface area contributed by atoms with E-state index in [1.165, 1.54) is 23.5 Å². The number of nitrogens with zero attached hydrogens (tertiary/aromatic N) is 1. The second-order valence-corrected chi connectivity index (χ2v) is 5.52. The Morgan fingerprint density at radius 1 is 1.35 bits per heavy atom. The van der Waals surface area contributed by atoms with Crippen LogP contribution in [-0.2, 0) is 17.6 Å². The van der Waals surface area contributed by atoms with Gasteiger partial charge in [-0.05, 0) is 31.0 Å². The fourth-order valence-corrected chi connectivity index (χ4v) is 2.40. The number of nitrogens with one attached hydrogen (secondary N) is 1. The first-order valence-corrected chi connectivity index (χ1v) is 7.11. The Bertz CT molecular complexity index is 610. The number of phenolic OH excluding ortho intramolecular Hbond substituents is 2. The van der Waals surface area contributed by atoms with Gasteiger partial charge in [0.05, 0.1) is 17.1 Å². The van der Waals surface area contributed by atoms with Gasteiger partial charge in [-0.3, -0.25) is 4.79 Å². The van der Waals surface area contributed by atoms with Crippen LogP contribution in [0.4, 0.5) is 0 Å². The molecule has 0 atom stereocenters. The summed E-state index contributed by atoms with van der Waals surface area (Å²) >= 11 is 1.53. The fourth-order valence-electron chi connectivity index (χ4n) is 1.79. The zero-order valence-corrected chi connectivity index (χ0v) is 11.9. The van der Waals surface area contributed by atoms with Crippen LogP contribution in [0.3, 0.4) is 0 Å². The second-order valence-electron chi connectivity index (χ2n) is 4.46. The van der Waals surface area contributed by atoms with Crippen molar-refractivity contribution in [2.45, 2.75) is 19.8 Å². The summed E-state index contributed by atoms with van der Waals surface area (Å²) in [5.41, 5.74) is 1.64. The van der Waals surface area contributed by atoms with Crippen molar-refractivity contribution in [1.82, 2.24) is 10.3 Å². The highest BCUT2D eigenvalue weighted by Crippen LogP contribution is 2.24. The first-order valence-electron chi connectivity index (χ1n) is 6.23. The zero-order chi connectivity index (χ0) is 14.5. The van der Waals surface area contributed by atoms with E-state index in [1.807, 2.05) is 12.3 Å². The molecule has 6 heteroatoms. The summed E-state index contributed by atoms with van der Waals surface area (Å²) in [5.74, 6) is -0.359. The van der Waals surface area contributed by atoms with E-state index < -0.39 is 0 Å². The number of carbonyl (C=O) groups excluding carboxylic acids is 1. The van der Waals surface area contributed by atoms with Crippen LogP contribution in [0.25, 0.3) is 0 Å². The number of aromatic nitrogens is 1. The van der Waals surface area contributed by atoms with Crippen molar-refractivity contribution in [3.63, 3.8) is 0 Å². The maximum absolute atomic E-state index is 11.7. The van der Waals surface area contributed by atoms with E-state index in [0.717, 1.165) is 16.3 Å². The lowest BCUT2D eigenvalue weighted by Gasteiger charge is -2.05. The third-order valence-electron chi connectivity index (χ3n) is 2.78. The molecule has 0 saturated heterocycles. The van der Waals surface area contributed by atoms with Crippen LogP contribution in [0.5, 0.6) is 11.5 Å². The summed E-state index contributed by atoms with van der Waals surface area (Å²) in [4.78, 5) is 15.9. The van der Waals surface area contributed by atoms with Crippen molar-refractivity contribution < 1.29 is 15.0 Å². The maximum Gasteiger partial charge on any atom is 0.226 e. The molecule has 3 N–H and O–H groups in total. The third-order valence-corrected chi connectivity index (χ3v) is 3.61. The summed E-state index contributed by atoms with van der Waals surface area (Å²) in [5, 5.41) is 24.2. The number of rotatable bonds is 5. The molecule has 0 radical (unpaired) electrons. The summed E-state index contributed by atoms with van der Waals surface area (Å²) in [7, 11) is 0. The number of amides is 1. The number of aryl methyl sites for hydroxylation is 1. The molecular formula is C14H16N2O3S. The number of benzene rings is 1. The molecule has 1 heterocycles. The predicted octanol–water partition coefficient (Wildman–Crippen LogP) is 1.76. The molecule has 0 fully saturated rings. The standard InChI is InChI=1S/C14H16N2O3S/c1-9-16-11(8-20-9)7-14(19)15-5-4-10-2-3-12(17)13(18)6-10/h2-3,6,8,17-18H,4-5,7H2,1H3,(H,15,19). The lowest BCUT2D eigenvalue weighted by molar-refractivity contribution is -0.120. The van der Waals surface area contributed by atoms with E-state index in [-0.39, 0.29) is 23.8 Å². The Hall–Kier alpha value is -2.08. The Labute approximate surface area is 120 Å². The molecular weight excluding hydrogens is 276 g/mol. The van der Waals surface area contributed by atoms with E-state index in [4.69, 9.17) is 0 Å². The van der Waals surface area contributed by atoms with Gasteiger partial charge in [-0.15, -0.1) is 11.3 Å². The Balaban J connectivity index is 1.77. The Kier molecular flexibility index (Phi) is 4.57. The van der Waals surface area contributed by atoms with Crippen LogP contribution < -0.4 is 5.32 Å². The molecule has 2 aromatic rings. The number of hydrogen-bond acceptors (Lipinski definition) is 5. The first-order chi connectivity index (χ1) is 9.54. The van der Waals surface area contributed by atoms with E-state index in [9.17, 15) is 15.0 Å². The molecule has 0 aliphatic heterocycles. The molecule has 5 nitrogen and oxygen atoms in total. The van der Waals surface area contributed by atoms with E-state index in [1.54, 1.807) is 6.07 Å². The van der Waals surface area contributed by atoms with Gasteiger partial charge in [0.15, 0.2) is 11.5 Å². The van der Waals surface area contributed by atoms with Gasteiger partial charge in [0.25, 0.3) is 0 Å². The predicted molar refractivity (Wildman–Crippen MR) is 77.0 cm³/mol. The lowest BCUT2D eigenvalue weighted by atomic mass is 10.1. The number of phenols is 2. The third kappa shape index (κ3) is 3.96. The number of carbonyl (C=O) groups is 1. The van der Waals surface area contributed by atoms with Crippen LogP contribution in [0.15, 0.2) is 23.6 Å². The highest BCUT2D eigenvalue weighted by molar-refractivity contribution is 7.09. The number of hydrogen-bond donors (Lipinski definition) is 3. The minimum absolute atomic E-state index is 0.0710. The topological polar surface area (TPSA) is 82.5 Å². The summed E-state index contributed by atoms with van der Waals surface area (Å²) in [6, 6.07) is 4.64. The van der Waals surface area contributed by atoms with Gasteiger partial charge >= 0.3 is 0 Å². The maximum atomic E-state index is 11.7. The van der Waals surface area contributed by atoms with Gasteiger partial charge in [0.2, 0.25) is 5.91 Å².